The second-order valence-corrected chi connectivity index (χ2v) is 6.69. The highest BCUT2D eigenvalue weighted by Crippen LogP contribution is 2.21. The summed E-state index contributed by atoms with van der Waals surface area (Å²) in [5.41, 5.74) is 0.530. The lowest BCUT2D eigenvalue weighted by Gasteiger charge is -2.36. The van der Waals surface area contributed by atoms with Crippen LogP contribution in [0.4, 0.5) is 4.39 Å². The van der Waals surface area contributed by atoms with Crippen LogP contribution in [0.25, 0.3) is 0 Å². The van der Waals surface area contributed by atoms with E-state index in [0.717, 1.165) is 19.6 Å². The van der Waals surface area contributed by atoms with Crippen LogP contribution in [0.2, 0.25) is 5.02 Å². The van der Waals surface area contributed by atoms with Gasteiger partial charge in [-0.05, 0) is 12.1 Å². The highest BCUT2D eigenvalue weighted by Gasteiger charge is 2.25. The smallest absolute Gasteiger partial charge is 0.224 e. The van der Waals surface area contributed by atoms with Crippen LogP contribution in [0.5, 0.6) is 0 Å². The van der Waals surface area contributed by atoms with E-state index >= 15 is 0 Å². The second-order valence-electron chi connectivity index (χ2n) is 6.29. The maximum atomic E-state index is 13.9. The molecule has 1 atom stereocenters. The van der Waals surface area contributed by atoms with Crippen molar-refractivity contribution in [2.24, 2.45) is 0 Å². The van der Waals surface area contributed by atoms with E-state index in [1.165, 1.54) is 6.07 Å². The minimum absolute atomic E-state index is 0. The van der Waals surface area contributed by atoms with E-state index in [-0.39, 0.29) is 42.6 Å². The molecule has 0 bridgehead atoms. The van der Waals surface area contributed by atoms with Crippen LogP contribution in [-0.2, 0) is 16.1 Å². The Morgan fingerprint density at radius 3 is 2.62 bits per heavy atom. The molecule has 0 aromatic heterocycles. The Kier molecular flexibility index (Phi) is 10.1. The summed E-state index contributed by atoms with van der Waals surface area (Å²) in [6.45, 7) is 5.37. The largest absolute Gasteiger partial charge is 0.378 e. The van der Waals surface area contributed by atoms with Crippen LogP contribution >= 0.6 is 36.4 Å². The first kappa shape index (κ1) is 23.4. The molecule has 0 spiro atoms. The van der Waals surface area contributed by atoms with Gasteiger partial charge in [0, 0.05) is 62.3 Å². The molecule has 2 saturated heterocycles. The number of hydrogen-bond donors (Lipinski definition) is 1. The zero-order valence-electron chi connectivity index (χ0n) is 14.5. The lowest BCUT2D eigenvalue weighted by molar-refractivity contribution is -0.134. The fraction of sp³-hybridized carbons (Fsp3) is 0.588. The van der Waals surface area contributed by atoms with Crippen molar-refractivity contribution in [2.75, 3.05) is 45.9 Å². The summed E-state index contributed by atoms with van der Waals surface area (Å²) >= 11 is 6.09. The van der Waals surface area contributed by atoms with Crippen LogP contribution in [0.3, 0.4) is 0 Å². The molecule has 3 rings (SSSR count). The first-order valence-electron chi connectivity index (χ1n) is 8.37. The number of nitrogens with zero attached hydrogens (tertiary/aromatic N) is 2. The van der Waals surface area contributed by atoms with E-state index in [1.807, 2.05) is 4.90 Å². The van der Waals surface area contributed by atoms with E-state index in [4.69, 9.17) is 16.3 Å². The van der Waals surface area contributed by atoms with Crippen molar-refractivity contribution in [1.82, 2.24) is 15.1 Å². The van der Waals surface area contributed by atoms with Gasteiger partial charge in [-0.2, -0.15) is 0 Å². The summed E-state index contributed by atoms with van der Waals surface area (Å²) in [6.07, 6.45) is 0.471. The van der Waals surface area contributed by atoms with Crippen LogP contribution in [0, 0.1) is 5.82 Å². The first-order chi connectivity index (χ1) is 11.6. The molecule has 5 nitrogen and oxygen atoms in total. The van der Waals surface area contributed by atoms with Crippen LogP contribution in [0.15, 0.2) is 18.2 Å². The highest BCUT2D eigenvalue weighted by molar-refractivity contribution is 6.31. The minimum atomic E-state index is -0.274. The highest BCUT2D eigenvalue weighted by atomic mass is 35.5. The van der Waals surface area contributed by atoms with Gasteiger partial charge in [0.1, 0.15) is 5.82 Å². The van der Waals surface area contributed by atoms with Crippen LogP contribution in [-0.4, -0.2) is 67.7 Å². The van der Waals surface area contributed by atoms with Crippen molar-refractivity contribution in [3.8, 4) is 0 Å². The molecule has 2 aliphatic rings. The number of morpholine rings is 1. The quantitative estimate of drug-likeness (QED) is 0.799. The van der Waals surface area contributed by atoms with Crippen molar-refractivity contribution in [3.63, 3.8) is 0 Å². The van der Waals surface area contributed by atoms with Crippen LogP contribution in [0.1, 0.15) is 12.0 Å². The minimum Gasteiger partial charge on any atom is -0.378 e. The third-order valence-electron chi connectivity index (χ3n) is 4.59. The molecule has 26 heavy (non-hydrogen) atoms. The molecule has 9 heteroatoms. The van der Waals surface area contributed by atoms with Gasteiger partial charge in [-0.3, -0.25) is 9.69 Å². The molecule has 1 unspecified atom stereocenters. The van der Waals surface area contributed by atoms with Crippen molar-refractivity contribution in [1.29, 1.82) is 0 Å². The molecule has 0 saturated carbocycles. The number of hydrogen-bond acceptors (Lipinski definition) is 4. The normalized spacial score (nSPS) is 20.8. The molecule has 0 aliphatic carbocycles. The predicted molar refractivity (Wildman–Crippen MR) is 105 cm³/mol. The SMILES string of the molecule is Cl.Cl.O=C(CC1COCCN1)N1CCN(Cc2c(F)cccc2Cl)CC1. The molecule has 2 aliphatic heterocycles. The van der Waals surface area contributed by atoms with Crippen molar-refractivity contribution in [3.05, 3.63) is 34.6 Å². The zero-order valence-corrected chi connectivity index (χ0v) is 16.8. The number of rotatable bonds is 4. The van der Waals surface area contributed by atoms with Gasteiger partial charge in [0.05, 0.1) is 13.2 Å². The van der Waals surface area contributed by atoms with Crippen molar-refractivity contribution >= 4 is 42.3 Å². The number of nitrogens with one attached hydrogen (secondary N) is 1. The third-order valence-corrected chi connectivity index (χ3v) is 4.94. The molecule has 0 radical (unpaired) electrons. The summed E-state index contributed by atoms with van der Waals surface area (Å²) in [6, 6.07) is 4.86. The molecule has 1 aromatic rings. The van der Waals surface area contributed by atoms with Gasteiger partial charge in [-0.1, -0.05) is 17.7 Å². The molecule has 1 aromatic carbocycles. The average molecular weight is 429 g/mol. The van der Waals surface area contributed by atoms with Gasteiger partial charge in [0.15, 0.2) is 0 Å². The van der Waals surface area contributed by atoms with E-state index in [2.05, 4.69) is 10.2 Å². The number of piperazine rings is 1. The Labute approximate surface area is 171 Å². The van der Waals surface area contributed by atoms with Crippen LogP contribution < -0.4 is 5.32 Å². The maximum absolute atomic E-state index is 13.9. The van der Waals surface area contributed by atoms with Gasteiger partial charge in [0.2, 0.25) is 5.91 Å². The Morgan fingerprint density at radius 1 is 1.27 bits per heavy atom. The number of carbonyl (C=O) groups excluding carboxylic acids is 1. The molecule has 1 N–H and O–H groups in total. The lowest BCUT2D eigenvalue weighted by Crippen LogP contribution is -2.51. The summed E-state index contributed by atoms with van der Waals surface area (Å²) < 4.78 is 19.3. The van der Waals surface area contributed by atoms with E-state index in [9.17, 15) is 9.18 Å². The molecule has 1 amide bonds. The Bertz CT molecular complexity index is 560. The Balaban J connectivity index is 0.00000169. The predicted octanol–water partition coefficient (Wildman–Crippen LogP) is 2.35. The van der Waals surface area contributed by atoms with Crippen molar-refractivity contribution < 1.29 is 13.9 Å². The molecular weight excluding hydrogens is 404 g/mol. The number of benzene rings is 1. The zero-order chi connectivity index (χ0) is 16.9. The van der Waals surface area contributed by atoms with Crippen molar-refractivity contribution in [2.45, 2.75) is 19.0 Å². The molecule has 148 valence electrons. The molecule has 2 fully saturated rings. The van der Waals surface area contributed by atoms with E-state index in [0.29, 0.717) is 49.9 Å². The third kappa shape index (κ3) is 6.22. The van der Waals surface area contributed by atoms with Gasteiger partial charge < -0.3 is 15.0 Å². The second kappa shape index (κ2) is 11.3. The topological polar surface area (TPSA) is 44.8 Å². The fourth-order valence-corrected chi connectivity index (χ4v) is 3.38. The van der Waals surface area contributed by atoms with E-state index < -0.39 is 0 Å². The first-order valence-corrected chi connectivity index (χ1v) is 8.75. The molecular formula is C17H25Cl3FN3O2. The summed E-state index contributed by atoms with van der Waals surface area (Å²) in [7, 11) is 0. The summed E-state index contributed by atoms with van der Waals surface area (Å²) in [4.78, 5) is 16.4. The summed E-state index contributed by atoms with van der Waals surface area (Å²) in [5, 5.41) is 3.76. The maximum Gasteiger partial charge on any atom is 0.224 e. The Morgan fingerprint density at radius 2 is 2.00 bits per heavy atom. The number of carbonyl (C=O) groups is 1. The average Bonchev–Trinajstić information content (AvgIpc) is 2.60. The number of ether oxygens (including phenoxy) is 1. The number of halogens is 4. The monoisotopic (exact) mass is 427 g/mol. The van der Waals surface area contributed by atoms with Gasteiger partial charge >= 0.3 is 0 Å². The number of amides is 1. The standard InChI is InChI=1S/C17H23ClFN3O2.2ClH/c18-15-2-1-3-16(19)14(15)11-21-5-7-22(8-6-21)17(23)10-13-12-24-9-4-20-13;;/h1-3,13,20H,4-12H2;2*1H. The van der Waals surface area contributed by atoms with Gasteiger partial charge in [-0.15, -0.1) is 24.8 Å². The Hall–Kier alpha value is -0.630. The lowest BCUT2D eigenvalue weighted by atomic mass is 10.1. The van der Waals surface area contributed by atoms with E-state index in [1.54, 1.807) is 12.1 Å². The summed E-state index contributed by atoms with van der Waals surface area (Å²) in [5.74, 6) is -0.119. The fourth-order valence-electron chi connectivity index (χ4n) is 3.15. The van der Waals surface area contributed by atoms with Gasteiger partial charge in [0.25, 0.3) is 0 Å². The van der Waals surface area contributed by atoms with Gasteiger partial charge in [-0.25, -0.2) is 4.39 Å². The molecule has 2 heterocycles.